The number of rotatable bonds is 5. The van der Waals surface area contributed by atoms with Crippen molar-refractivity contribution in [2.45, 2.75) is 64.5 Å². The van der Waals surface area contributed by atoms with Crippen LogP contribution in [0.2, 0.25) is 0 Å². The molecular formula is C22H29N3O3. The van der Waals surface area contributed by atoms with Crippen LogP contribution in [0.25, 0.3) is 11.1 Å². The van der Waals surface area contributed by atoms with Gasteiger partial charge in [-0.2, -0.15) is 0 Å². The Morgan fingerprint density at radius 2 is 2.07 bits per heavy atom. The average molecular weight is 383 g/mol. The van der Waals surface area contributed by atoms with Crippen LogP contribution in [0.4, 0.5) is 5.69 Å². The summed E-state index contributed by atoms with van der Waals surface area (Å²) in [4.78, 5) is 13.3. The molecule has 6 nitrogen and oxygen atoms in total. The predicted molar refractivity (Wildman–Crippen MR) is 108 cm³/mol. The number of carbonyl (C=O) groups excluding carboxylic acids is 1. The summed E-state index contributed by atoms with van der Waals surface area (Å²) >= 11 is 0. The molecule has 2 unspecified atom stereocenters. The summed E-state index contributed by atoms with van der Waals surface area (Å²) in [6.07, 6.45) is 4.98. The van der Waals surface area contributed by atoms with Crippen molar-refractivity contribution in [1.82, 2.24) is 10.5 Å². The maximum absolute atomic E-state index is 13.3. The molecule has 0 saturated heterocycles. The number of nitrogens with one attached hydrogen (secondary N) is 2. The third-order valence-corrected chi connectivity index (χ3v) is 6.27. The zero-order valence-corrected chi connectivity index (χ0v) is 16.8. The van der Waals surface area contributed by atoms with E-state index in [-0.39, 0.29) is 11.8 Å². The van der Waals surface area contributed by atoms with Crippen molar-refractivity contribution in [1.29, 1.82) is 0 Å². The van der Waals surface area contributed by atoms with Gasteiger partial charge in [0.2, 0.25) is 5.91 Å². The summed E-state index contributed by atoms with van der Waals surface area (Å²) in [5, 5.41) is 20.6. The van der Waals surface area contributed by atoms with E-state index >= 15 is 0 Å². The first-order valence-corrected chi connectivity index (χ1v) is 10.3. The van der Waals surface area contributed by atoms with E-state index in [1.54, 1.807) is 6.92 Å². The minimum Gasteiger partial charge on any atom is -0.392 e. The highest BCUT2D eigenvalue weighted by Gasteiger charge is 2.52. The van der Waals surface area contributed by atoms with Crippen molar-refractivity contribution < 1.29 is 14.4 Å². The first kappa shape index (κ1) is 19.2. The van der Waals surface area contributed by atoms with Gasteiger partial charge in [0.05, 0.1) is 11.8 Å². The topological polar surface area (TPSA) is 87.4 Å². The molecule has 0 bridgehead atoms. The van der Waals surface area contributed by atoms with Crippen LogP contribution in [0.5, 0.6) is 0 Å². The van der Waals surface area contributed by atoms with Crippen LogP contribution >= 0.6 is 0 Å². The van der Waals surface area contributed by atoms with Crippen LogP contribution in [0.3, 0.4) is 0 Å². The van der Waals surface area contributed by atoms with Crippen LogP contribution in [0.1, 0.15) is 56.0 Å². The molecule has 1 aromatic heterocycles. The molecule has 2 aromatic rings. The summed E-state index contributed by atoms with van der Waals surface area (Å²) in [7, 11) is 0. The number of hydrogen-bond acceptors (Lipinski definition) is 5. The number of fused-ring (bicyclic) bond motifs is 1. The number of anilines is 1. The summed E-state index contributed by atoms with van der Waals surface area (Å²) < 4.78 is 5.36. The lowest BCUT2D eigenvalue weighted by Gasteiger charge is -2.39. The molecule has 2 atom stereocenters. The van der Waals surface area contributed by atoms with Crippen LogP contribution < -0.4 is 10.6 Å². The van der Waals surface area contributed by atoms with Gasteiger partial charge in [-0.05, 0) is 57.2 Å². The Morgan fingerprint density at radius 1 is 1.32 bits per heavy atom. The van der Waals surface area contributed by atoms with Crippen LogP contribution in [-0.2, 0) is 10.3 Å². The number of amides is 1. The van der Waals surface area contributed by atoms with E-state index in [1.165, 1.54) is 6.42 Å². The number of aromatic nitrogens is 1. The smallest absolute Gasteiger partial charge is 0.249 e. The number of nitrogens with zero attached hydrogens (tertiary/aromatic N) is 1. The molecule has 0 radical (unpaired) electrons. The van der Waals surface area contributed by atoms with E-state index in [4.69, 9.17) is 4.52 Å². The van der Waals surface area contributed by atoms with Crippen molar-refractivity contribution in [3.63, 3.8) is 0 Å². The summed E-state index contributed by atoms with van der Waals surface area (Å²) in [6, 6.07) is 6.09. The van der Waals surface area contributed by atoms with E-state index in [0.717, 1.165) is 59.5 Å². The molecule has 6 heteroatoms. The molecule has 1 amide bonds. The van der Waals surface area contributed by atoms with Crippen molar-refractivity contribution >= 4 is 11.6 Å². The largest absolute Gasteiger partial charge is 0.392 e. The van der Waals surface area contributed by atoms with E-state index in [1.807, 2.05) is 26.0 Å². The van der Waals surface area contributed by atoms with Crippen LogP contribution in [0, 0.1) is 19.8 Å². The molecule has 1 aliphatic heterocycles. The average Bonchev–Trinajstić information content (AvgIpc) is 3.16. The SMILES string of the molecule is Cc1noc(C)c1-c1ccc2c(c1)C(NCC(C)O)(C1CCCCC1)C(=O)N2. The quantitative estimate of drug-likeness (QED) is 0.733. The van der Waals surface area contributed by atoms with Gasteiger partial charge in [0, 0.05) is 23.4 Å². The van der Waals surface area contributed by atoms with Gasteiger partial charge in [0.1, 0.15) is 11.3 Å². The zero-order valence-electron chi connectivity index (χ0n) is 16.8. The van der Waals surface area contributed by atoms with Crippen LogP contribution in [-0.4, -0.2) is 28.8 Å². The Balaban J connectivity index is 1.84. The minimum absolute atomic E-state index is 0.00837. The highest BCUT2D eigenvalue weighted by molar-refractivity contribution is 6.06. The van der Waals surface area contributed by atoms with Crippen LogP contribution in [0.15, 0.2) is 22.7 Å². The van der Waals surface area contributed by atoms with Crippen molar-refractivity contribution in [2.24, 2.45) is 5.92 Å². The highest BCUT2D eigenvalue weighted by atomic mass is 16.5. The van der Waals surface area contributed by atoms with Gasteiger partial charge in [-0.1, -0.05) is 30.5 Å². The first-order valence-electron chi connectivity index (χ1n) is 10.3. The maximum Gasteiger partial charge on any atom is 0.249 e. The fraction of sp³-hybridized carbons (Fsp3) is 0.545. The molecule has 4 rings (SSSR count). The predicted octanol–water partition coefficient (Wildman–Crippen LogP) is 3.66. The molecule has 0 spiro atoms. The molecule has 1 aliphatic carbocycles. The van der Waals surface area contributed by atoms with Gasteiger partial charge in [0.15, 0.2) is 0 Å². The van der Waals surface area contributed by atoms with Gasteiger partial charge in [0.25, 0.3) is 0 Å². The van der Waals surface area contributed by atoms with Gasteiger partial charge >= 0.3 is 0 Å². The fourth-order valence-electron chi connectivity index (χ4n) is 4.94. The van der Waals surface area contributed by atoms with Crippen molar-refractivity contribution in [3.8, 4) is 11.1 Å². The number of carbonyl (C=O) groups is 1. The molecule has 1 aromatic carbocycles. The van der Waals surface area contributed by atoms with E-state index < -0.39 is 11.6 Å². The number of aryl methyl sites for hydroxylation is 2. The second-order valence-electron chi connectivity index (χ2n) is 8.29. The fourth-order valence-corrected chi connectivity index (χ4v) is 4.94. The zero-order chi connectivity index (χ0) is 19.9. The molecule has 1 fully saturated rings. The molecular weight excluding hydrogens is 354 g/mol. The molecule has 2 heterocycles. The van der Waals surface area contributed by atoms with Gasteiger partial charge in [-0.25, -0.2) is 0 Å². The summed E-state index contributed by atoms with van der Waals surface area (Å²) in [6.45, 7) is 5.96. The standard InChI is InChI=1S/C22H29N3O3/c1-13(26)12-23-22(17-7-5-4-6-8-17)18-11-16(9-10-19(18)24-21(22)27)20-14(2)25-28-15(20)3/h9-11,13,17,23,26H,4-8,12H2,1-3H3,(H,24,27). The third kappa shape index (κ3) is 3.05. The second kappa shape index (κ2) is 7.33. The molecule has 150 valence electrons. The lowest BCUT2D eigenvalue weighted by atomic mass is 9.71. The molecule has 1 saturated carbocycles. The molecule has 3 N–H and O–H groups in total. The normalized spacial score (nSPS) is 23.5. The van der Waals surface area contributed by atoms with E-state index in [0.29, 0.717) is 6.54 Å². The van der Waals surface area contributed by atoms with Crippen molar-refractivity contribution in [2.75, 3.05) is 11.9 Å². The lowest BCUT2D eigenvalue weighted by Crippen LogP contribution is -2.55. The Kier molecular flexibility index (Phi) is 5.02. The summed E-state index contributed by atoms with van der Waals surface area (Å²) in [5.41, 5.74) is 3.85. The maximum atomic E-state index is 13.3. The van der Waals surface area contributed by atoms with E-state index in [2.05, 4.69) is 21.9 Å². The van der Waals surface area contributed by atoms with E-state index in [9.17, 15) is 9.90 Å². The van der Waals surface area contributed by atoms with Crippen molar-refractivity contribution in [3.05, 3.63) is 35.2 Å². The second-order valence-corrected chi connectivity index (χ2v) is 8.29. The summed E-state index contributed by atoms with van der Waals surface area (Å²) in [5.74, 6) is 0.974. The Labute approximate surface area is 165 Å². The minimum atomic E-state index is -0.804. The number of aliphatic hydroxyl groups excluding tert-OH is 1. The monoisotopic (exact) mass is 383 g/mol. The Hall–Kier alpha value is -2.18. The number of aliphatic hydroxyl groups is 1. The lowest BCUT2D eigenvalue weighted by molar-refractivity contribution is -0.125. The number of benzene rings is 1. The highest BCUT2D eigenvalue weighted by Crippen LogP contribution is 2.47. The Bertz CT molecular complexity index is 864. The van der Waals surface area contributed by atoms with Gasteiger partial charge in [-0.3, -0.25) is 10.1 Å². The Morgan fingerprint density at radius 3 is 2.71 bits per heavy atom. The molecule has 2 aliphatic rings. The third-order valence-electron chi connectivity index (χ3n) is 6.27. The van der Waals surface area contributed by atoms with Gasteiger partial charge in [-0.15, -0.1) is 0 Å². The number of hydrogen-bond donors (Lipinski definition) is 3. The van der Waals surface area contributed by atoms with Gasteiger partial charge < -0.3 is 14.9 Å². The first-order chi connectivity index (χ1) is 13.4. The molecule has 28 heavy (non-hydrogen) atoms.